The van der Waals surface area contributed by atoms with Crippen LogP contribution in [0.5, 0.6) is 5.75 Å². The largest absolute Gasteiger partial charge is 0.490 e. The predicted molar refractivity (Wildman–Crippen MR) is 89.2 cm³/mol. The van der Waals surface area contributed by atoms with Gasteiger partial charge in [0.25, 0.3) is 0 Å². The fourth-order valence-electron chi connectivity index (χ4n) is 3.18. The molecule has 2 aliphatic heterocycles. The minimum atomic E-state index is -4.46. The van der Waals surface area contributed by atoms with E-state index in [1.807, 2.05) is 24.3 Å². The van der Waals surface area contributed by atoms with E-state index in [0.29, 0.717) is 11.5 Å². The topological polar surface area (TPSA) is 29.5 Å². The highest BCUT2D eigenvalue weighted by molar-refractivity contribution is 7.99. The van der Waals surface area contributed by atoms with E-state index in [-0.39, 0.29) is 30.7 Å². The van der Waals surface area contributed by atoms with Crippen LogP contribution in [0.1, 0.15) is 17.0 Å². The number of thioether (sulfide) groups is 1. The average molecular weight is 365 g/mol. The lowest BCUT2D eigenvalue weighted by Crippen LogP contribution is -2.41. The molecule has 0 fully saturated rings. The average Bonchev–Trinajstić information content (AvgIpc) is 3.03. The van der Waals surface area contributed by atoms with Crippen molar-refractivity contribution in [1.82, 2.24) is 0 Å². The van der Waals surface area contributed by atoms with Crippen molar-refractivity contribution in [2.24, 2.45) is 0 Å². The van der Waals surface area contributed by atoms with Crippen molar-refractivity contribution < 1.29 is 22.7 Å². The normalized spacial score (nSPS) is 19.2. The monoisotopic (exact) mass is 365 g/mol. The number of fused-ring (bicyclic) bond motifs is 2. The molecule has 3 nitrogen and oxygen atoms in total. The first-order chi connectivity index (χ1) is 11.9. The third kappa shape index (κ3) is 2.86. The molecule has 0 aliphatic carbocycles. The molecule has 0 saturated heterocycles. The Bertz CT molecular complexity index is 837. The van der Waals surface area contributed by atoms with Gasteiger partial charge >= 0.3 is 6.18 Å². The molecule has 2 heterocycles. The van der Waals surface area contributed by atoms with E-state index in [1.54, 1.807) is 11.8 Å². The van der Waals surface area contributed by atoms with Crippen LogP contribution in [0.25, 0.3) is 0 Å². The maximum Gasteiger partial charge on any atom is 0.416 e. The standard InChI is InChI=1S/C18H14F3NO2S/c19-18(20,21)11-5-6-15-14(9-11)22(7-8-24-15)17(23)13-10-25-16-4-2-1-3-12(13)16/h1-6,9,13H,7-8,10H2. The lowest BCUT2D eigenvalue weighted by molar-refractivity contribution is -0.137. The molecular weight excluding hydrogens is 351 g/mol. The molecule has 25 heavy (non-hydrogen) atoms. The van der Waals surface area contributed by atoms with E-state index >= 15 is 0 Å². The van der Waals surface area contributed by atoms with Gasteiger partial charge in [-0.1, -0.05) is 18.2 Å². The summed E-state index contributed by atoms with van der Waals surface area (Å²) < 4.78 is 44.5. The van der Waals surface area contributed by atoms with Crippen LogP contribution in [-0.4, -0.2) is 24.8 Å². The Balaban J connectivity index is 1.70. The Morgan fingerprint density at radius 1 is 1.20 bits per heavy atom. The maximum atomic E-state index is 13.1. The number of anilines is 1. The van der Waals surface area contributed by atoms with Crippen LogP contribution >= 0.6 is 11.8 Å². The zero-order valence-electron chi connectivity index (χ0n) is 13.0. The number of ether oxygens (including phenoxy) is 1. The maximum absolute atomic E-state index is 13.1. The summed E-state index contributed by atoms with van der Waals surface area (Å²) in [6.45, 7) is 0.516. The first-order valence-corrected chi connectivity index (χ1v) is 8.81. The molecule has 1 unspecified atom stereocenters. The number of hydrogen-bond donors (Lipinski definition) is 0. The van der Waals surface area contributed by atoms with Gasteiger partial charge in [0, 0.05) is 10.6 Å². The van der Waals surface area contributed by atoms with Gasteiger partial charge < -0.3 is 9.64 Å². The third-order valence-electron chi connectivity index (χ3n) is 4.41. The number of halogens is 3. The second-order valence-corrected chi connectivity index (χ2v) is 6.98. The van der Waals surface area contributed by atoms with Gasteiger partial charge in [-0.25, -0.2) is 0 Å². The Morgan fingerprint density at radius 3 is 2.80 bits per heavy atom. The van der Waals surface area contributed by atoms with Crippen molar-refractivity contribution in [3.05, 3.63) is 53.6 Å². The Labute approximate surface area is 146 Å². The third-order valence-corrected chi connectivity index (χ3v) is 5.60. The molecule has 0 spiro atoms. The number of benzene rings is 2. The van der Waals surface area contributed by atoms with Crippen LogP contribution in [0.3, 0.4) is 0 Å². The van der Waals surface area contributed by atoms with Crippen LogP contribution in [0, 0.1) is 0 Å². The summed E-state index contributed by atoms with van der Waals surface area (Å²) in [5.41, 5.74) is 0.355. The molecule has 7 heteroatoms. The van der Waals surface area contributed by atoms with E-state index < -0.39 is 11.7 Å². The summed E-state index contributed by atoms with van der Waals surface area (Å²) in [5, 5.41) is 0. The molecular formula is C18H14F3NO2S. The minimum Gasteiger partial charge on any atom is -0.490 e. The molecule has 0 aromatic heterocycles. The lowest BCUT2D eigenvalue weighted by Gasteiger charge is -2.32. The zero-order valence-corrected chi connectivity index (χ0v) is 13.9. The van der Waals surface area contributed by atoms with Gasteiger partial charge in [0.1, 0.15) is 12.4 Å². The van der Waals surface area contributed by atoms with Crippen LogP contribution in [-0.2, 0) is 11.0 Å². The second-order valence-electron chi connectivity index (χ2n) is 5.92. The van der Waals surface area contributed by atoms with Crippen molar-refractivity contribution in [1.29, 1.82) is 0 Å². The molecule has 0 saturated carbocycles. The van der Waals surface area contributed by atoms with Gasteiger partial charge in [0.05, 0.1) is 23.7 Å². The summed E-state index contributed by atoms with van der Waals surface area (Å²) in [6.07, 6.45) is -4.46. The lowest BCUT2D eigenvalue weighted by atomic mass is 9.99. The zero-order chi connectivity index (χ0) is 17.6. The quantitative estimate of drug-likeness (QED) is 0.754. The number of carbonyl (C=O) groups is 1. The molecule has 0 radical (unpaired) electrons. The molecule has 4 rings (SSSR count). The van der Waals surface area contributed by atoms with Crippen molar-refractivity contribution in [3.8, 4) is 5.75 Å². The van der Waals surface area contributed by atoms with Gasteiger partial charge in [-0.15, -0.1) is 11.8 Å². The minimum absolute atomic E-state index is 0.179. The second kappa shape index (κ2) is 5.98. The number of hydrogen-bond acceptors (Lipinski definition) is 3. The van der Waals surface area contributed by atoms with Gasteiger partial charge in [0.15, 0.2) is 0 Å². The van der Waals surface area contributed by atoms with Crippen LogP contribution in [0.2, 0.25) is 0 Å². The van der Waals surface area contributed by atoms with Gasteiger partial charge in [-0.2, -0.15) is 13.2 Å². The van der Waals surface area contributed by atoms with Crippen LogP contribution < -0.4 is 9.64 Å². The number of carbonyl (C=O) groups excluding carboxylic acids is 1. The highest BCUT2D eigenvalue weighted by Gasteiger charge is 2.37. The van der Waals surface area contributed by atoms with E-state index in [9.17, 15) is 18.0 Å². The fourth-order valence-corrected chi connectivity index (χ4v) is 4.40. The SMILES string of the molecule is O=C(C1CSc2ccccc21)N1CCOc2ccc(C(F)(F)F)cc21. The summed E-state index contributed by atoms with van der Waals surface area (Å²) in [6, 6.07) is 10.9. The van der Waals surface area contributed by atoms with Gasteiger partial charge in [-0.05, 0) is 29.8 Å². The van der Waals surface area contributed by atoms with Crippen molar-refractivity contribution in [3.63, 3.8) is 0 Å². The predicted octanol–water partition coefficient (Wildman–Crippen LogP) is 4.32. The molecule has 0 bridgehead atoms. The molecule has 0 N–H and O–H groups in total. The molecule has 2 aromatic carbocycles. The van der Waals surface area contributed by atoms with Crippen molar-refractivity contribution in [2.45, 2.75) is 17.0 Å². The summed E-state index contributed by atoms with van der Waals surface area (Å²) in [7, 11) is 0. The van der Waals surface area contributed by atoms with Crippen molar-refractivity contribution >= 4 is 23.4 Å². The molecule has 1 amide bonds. The Kier molecular flexibility index (Phi) is 3.91. The molecule has 130 valence electrons. The summed E-state index contributed by atoms with van der Waals surface area (Å²) >= 11 is 1.60. The van der Waals surface area contributed by atoms with E-state index in [2.05, 4.69) is 0 Å². The highest BCUT2D eigenvalue weighted by atomic mass is 32.2. The number of nitrogens with zero attached hydrogens (tertiary/aromatic N) is 1. The van der Waals surface area contributed by atoms with E-state index in [1.165, 1.54) is 11.0 Å². The first-order valence-electron chi connectivity index (χ1n) is 7.82. The molecule has 2 aromatic rings. The fraction of sp³-hybridized carbons (Fsp3) is 0.278. The Hall–Kier alpha value is -2.15. The van der Waals surface area contributed by atoms with Crippen LogP contribution in [0.15, 0.2) is 47.4 Å². The molecule has 1 atom stereocenters. The Morgan fingerprint density at radius 2 is 2.00 bits per heavy atom. The van der Waals surface area contributed by atoms with Crippen LogP contribution in [0.4, 0.5) is 18.9 Å². The number of alkyl halides is 3. The van der Waals surface area contributed by atoms with Gasteiger partial charge in [-0.3, -0.25) is 4.79 Å². The highest BCUT2D eigenvalue weighted by Crippen LogP contribution is 2.43. The summed E-state index contributed by atoms with van der Waals surface area (Å²) in [5.74, 6) is 0.388. The van der Waals surface area contributed by atoms with Crippen molar-refractivity contribution in [2.75, 3.05) is 23.8 Å². The molecule has 2 aliphatic rings. The van der Waals surface area contributed by atoms with E-state index in [4.69, 9.17) is 4.74 Å². The number of amides is 1. The summed E-state index contributed by atoms with van der Waals surface area (Å²) in [4.78, 5) is 15.5. The van der Waals surface area contributed by atoms with E-state index in [0.717, 1.165) is 22.6 Å². The number of rotatable bonds is 1. The smallest absolute Gasteiger partial charge is 0.416 e. The first kappa shape index (κ1) is 16.3. The van der Waals surface area contributed by atoms with Gasteiger partial charge in [0.2, 0.25) is 5.91 Å².